The number of aryl methyl sites for hydroxylation is 2. The average molecular weight is 403 g/mol. The van der Waals surface area contributed by atoms with Crippen molar-refractivity contribution in [3.8, 4) is 11.4 Å². The number of benzene rings is 2. The molecule has 4 heteroatoms. The summed E-state index contributed by atoms with van der Waals surface area (Å²) >= 11 is 0. The van der Waals surface area contributed by atoms with E-state index in [4.69, 9.17) is 9.40 Å². The maximum Gasteiger partial charge on any atom is 0.294 e. The van der Waals surface area contributed by atoms with E-state index >= 15 is 0 Å². The van der Waals surface area contributed by atoms with Gasteiger partial charge in [-0.25, -0.2) is 14.1 Å². The topological polar surface area (TPSA) is 34.8 Å². The molecule has 0 bridgehead atoms. The Bertz CT molecular complexity index is 1230. The molecule has 156 valence electrons. The van der Waals surface area contributed by atoms with Crippen LogP contribution >= 0.6 is 0 Å². The minimum atomic E-state index is -0.0724. The summed E-state index contributed by atoms with van der Waals surface area (Å²) in [5.74, 6) is 2.57. The number of rotatable bonds is 2. The van der Waals surface area contributed by atoms with Gasteiger partial charge in [0.15, 0.2) is 22.5 Å². The molecule has 0 aliphatic heterocycles. The highest BCUT2D eigenvalue weighted by Crippen LogP contribution is 2.39. The molecular weight excluding hydrogens is 370 g/mol. The van der Waals surface area contributed by atoms with Crippen molar-refractivity contribution in [1.29, 1.82) is 0 Å². The third kappa shape index (κ3) is 2.96. The molecule has 5 rings (SSSR count). The first-order valence-corrected chi connectivity index (χ1v) is 11.3. The van der Waals surface area contributed by atoms with Crippen LogP contribution in [0.4, 0.5) is 0 Å². The number of hydrogen-bond acceptors (Lipinski definition) is 2. The zero-order valence-corrected chi connectivity index (χ0v) is 18.8. The van der Waals surface area contributed by atoms with E-state index in [1.54, 1.807) is 0 Å². The van der Waals surface area contributed by atoms with Crippen LogP contribution in [0.3, 0.4) is 0 Å². The molecule has 0 spiro atoms. The van der Waals surface area contributed by atoms with Gasteiger partial charge in [0, 0.05) is 5.92 Å². The second kappa shape index (κ2) is 6.97. The Kier molecular flexibility index (Phi) is 4.49. The van der Waals surface area contributed by atoms with Crippen LogP contribution in [-0.4, -0.2) is 9.55 Å². The van der Waals surface area contributed by atoms with Gasteiger partial charge in [0.25, 0.3) is 5.82 Å². The van der Waals surface area contributed by atoms with E-state index in [2.05, 4.69) is 80.3 Å². The fourth-order valence-corrected chi connectivity index (χ4v) is 5.18. The molecule has 4 nitrogen and oxygen atoms in total. The zero-order valence-electron chi connectivity index (χ0n) is 18.8. The molecule has 0 N–H and O–H groups in total. The standard InChI is InChI=1S/C26H32N3O/c1-17-15-16-19-23(30-24(27-19)18-11-7-6-8-12-18)22(17)25-28(5)20-13-9-10-14-21(20)29(25)26(2,3)4/h9-10,13-16,18H,6-8,11-12H2,1-5H3/q+1. The smallest absolute Gasteiger partial charge is 0.294 e. The second-order valence-corrected chi connectivity index (χ2v) is 9.87. The van der Waals surface area contributed by atoms with Gasteiger partial charge in [-0.3, -0.25) is 0 Å². The molecule has 2 aromatic carbocycles. The van der Waals surface area contributed by atoms with Crippen LogP contribution in [0.1, 0.15) is 70.2 Å². The first-order chi connectivity index (χ1) is 14.4. The van der Waals surface area contributed by atoms with E-state index in [-0.39, 0.29) is 5.54 Å². The summed E-state index contributed by atoms with van der Waals surface area (Å²) in [6, 6.07) is 13.0. The monoisotopic (exact) mass is 402 g/mol. The fourth-order valence-electron chi connectivity index (χ4n) is 5.18. The number of imidazole rings is 1. The lowest BCUT2D eigenvalue weighted by atomic mass is 9.89. The predicted molar refractivity (Wildman–Crippen MR) is 122 cm³/mol. The van der Waals surface area contributed by atoms with Crippen molar-refractivity contribution >= 4 is 22.1 Å². The lowest BCUT2D eigenvalue weighted by Gasteiger charge is -2.19. The molecule has 2 aromatic heterocycles. The number of oxazole rings is 1. The molecule has 1 saturated carbocycles. The Hall–Kier alpha value is -2.62. The largest absolute Gasteiger partial charge is 0.439 e. The van der Waals surface area contributed by atoms with Gasteiger partial charge in [-0.05, 0) is 64.3 Å². The van der Waals surface area contributed by atoms with Crippen molar-refractivity contribution in [1.82, 2.24) is 9.55 Å². The van der Waals surface area contributed by atoms with Crippen LogP contribution in [-0.2, 0) is 12.6 Å². The highest BCUT2D eigenvalue weighted by molar-refractivity contribution is 5.91. The summed E-state index contributed by atoms with van der Waals surface area (Å²) in [5, 5.41) is 0. The molecule has 0 radical (unpaired) electrons. The third-order valence-electron chi connectivity index (χ3n) is 6.64. The van der Waals surface area contributed by atoms with Crippen molar-refractivity contribution in [3.05, 3.63) is 47.9 Å². The van der Waals surface area contributed by atoms with Crippen molar-refractivity contribution < 1.29 is 8.98 Å². The molecule has 1 fully saturated rings. The molecule has 0 unspecified atom stereocenters. The summed E-state index contributed by atoms with van der Waals surface area (Å²) in [7, 11) is 2.16. The van der Waals surface area contributed by atoms with E-state index in [1.165, 1.54) is 54.5 Å². The number of para-hydroxylation sites is 2. The summed E-state index contributed by atoms with van der Waals surface area (Å²) in [6.07, 6.45) is 6.28. The predicted octanol–water partition coefficient (Wildman–Crippen LogP) is 6.39. The summed E-state index contributed by atoms with van der Waals surface area (Å²) in [4.78, 5) is 4.95. The van der Waals surface area contributed by atoms with E-state index in [0.29, 0.717) is 5.92 Å². The highest BCUT2D eigenvalue weighted by Gasteiger charge is 2.35. The van der Waals surface area contributed by atoms with Gasteiger partial charge >= 0.3 is 0 Å². The van der Waals surface area contributed by atoms with Gasteiger partial charge < -0.3 is 4.42 Å². The summed E-state index contributed by atoms with van der Waals surface area (Å²) in [5.41, 5.74) is 6.68. The van der Waals surface area contributed by atoms with Crippen molar-refractivity contribution in [2.24, 2.45) is 7.05 Å². The molecule has 1 aliphatic carbocycles. The average Bonchev–Trinajstić information content (AvgIpc) is 3.28. The van der Waals surface area contributed by atoms with Crippen LogP contribution in [0.5, 0.6) is 0 Å². The molecule has 2 heterocycles. The third-order valence-corrected chi connectivity index (χ3v) is 6.64. The van der Waals surface area contributed by atoms with Crippen LogP contribution in [0.2, 0.25) is 0 Å². The Morgan fingerprint density at radius 2 is 1.77 bits per heavy atom. The Morgan fingerprint density at radius 3 is 2.50 bits per heavy atom. The van der Waals surface area contributed by atoms with Gasteiger partial charge in [-0.1, -0.05) is 37.5 Å². The molecule has 4 aromatic rings. The Balaban J connectivity index is 1.81. The number of hydrogen-bond donors (Lipinski definition) is 0. The van der Waals surface area contributed by atoms with E-state index in [1.807, 2.05) is 0 Å². The molecule has 30 heavy (non-hydrogen) atoms. The molecule has 0 atom stereocenters. The van der Waals surface area contributed by atoms with Gasteiger partial charge in [0.05, 0.1) is 7.05 Å². The molecule has 1 aliphatic rings. The first kappa shape index (κ1) is 19.3. The SMILES string of the molecule is Cc1ccc2nc(C3CCCCC3)oc2c1-c1n(C(C)(C)C)c2ccccc2[n+]1C. The summed E-state index contributed by atoms with van der Waals surface area (Å²) in [6.45, 7) is 8.99. The van der Waals surface area contributed by atoms with Crippen LogP contribution in [0.15, 0.2) is 40.8 Å². The van der Waals surface area contributed by atoms with Crippen molar-refractivity contribution in [3.63, 3.8) is 0 Å². The number of aromatic nitrogens is 3. The first-order valence-electron chi connectivity index (χ1n) is 11.3. The van der Waals surface area contributed by atoms with Crippen LogP contribution in [0, 0.1) is 6.92 Å². The van der Waals surface area contributed by atoms with Gasteiger partial charge in [-0.15, -0.1) is 0 Å². The van der Waals surface area contributed by atoms with Gasteiger partial charge in [0.1, 0.15) is 16.6 Å². The van der Waals surface area contributed by atoms with Gasteiger partial charge in [-0.2, -0.15) is 0 Å². The quantitative estimate of drug-likeness (QED) is 0.364. The minimum absolute atomic E-state index is 0.0724. The highest BCUT2D eigenvalue weighted by atomic mass is 16.3. The lowest BCUT2D eigenvalue weighted by Crippen LogP contribution is -2.33. The van der Waals surface area contributed by atoms with E-state index in [0.717, 1.165) is 22.6 Å². The number of nitrogens with zero attached hydrogens (tertiary/aromatic N) is 3. The maximum atomic E-state index is 6.55. The number of fused-ring (bicyclic) bond motifs is 2. The molecule has 0 saturated heterocycles. The fraction of sp³-hybridized carbons (Fsp3) is 0.462. The lowest BCUT2D eigenvalue weighted by molar-refractivity contribution is -0.634. The zero-order chi connectivity index (χ0) is 21.0. The Labute approximate surface area is 178 Å². The maximum absolute atomic E-state index is 6.55. The van der Waals surface area contributed by atoms with Crippen LogP contribution in [0.25, 0.3) is 33.5 Å². The molecular formula is C26H32N3O+. The minimum Gasteiger partial charge on any atom is -0.439 e. The summed E-state index contributed by atoms with van der Waals surface area (Å²) < 4.78 is 11.3. The van der Waals surface area contributed by atoms with Crippen molar-refractivity contribution in [2.75, 3.05) is 0 Å². The van der Waals surface area contributed by atoms with E-state index in [9.17, 15) is 0 Å². The van der Waals surface area contributed by atoms with Gasteiger partial charge in [0.2, 0.25) is 0 Å². The molecule has 0 amide bonds. The normalized spacial score (nSPS) is 16.0. The second-order valence-electron chi connectivity index (χ2n) is 9.87. The van der Waals surface area contributed by atoms with E-state index < -0.39 is 0 Å². The Morgan fingerprint density at radius 1 is 1.03 bits per heavy atom. The van der Waals surface area contributed by atoms with Crippen molar-refractivity contribution in [2.45, 2.75) is 71.3 Å². The van der Waals surface area contributed by atoms with Crippen LogP contribution < -0.4 is 4.57 Å².